The molecule has 0 bridgehead atoms. The van der Waals surface area contributed by atoms with Gasteiger partial charge in [-0.05, 0) is 25.5 Å². The van der Waals surface area contributed by atoms with Gasteiger partial charge >= 0.3 is 0 Å². The van der Waals surface area contributed by atoms with Gasteiger partial charge in [0.25, 0.3) is 5.89 Å². The Balaban J connectivity index is 2.02. The fraction of sp³-hybridized carbons (Fsp3) is 0.333. The van der Waals surface area contributed by atoms with Crippen LogP contribution in [-0.4, -0.2) is 10.2 Å². The number of nitrogens with zero attached hydrogens (tertiary/aromatic N) is 2. The molecule has 0 aliphatic rings. The molecular weight excluding hydrogens is 240 g/mol. The number of ether oxygens (including phenoxy) is 1. The van der Waals surface area contributed by atoms with Gasteiger partial charge in [0.2, 0.25) is 5.89 Å². The maximum absolute atomic E-state index is 5.60. The first-order valence-corrected chi connectivity index (χ1v) is 5.80. The number of rotatable bonds is 4. The van der Waals surface area contributed by atoms with E-state index in [-0.39, 0.29) is 12.5 Å². The molecule has 1 aromatic carbocycles. The number of benzene rings is 1. The highest BCUT2D eigenvalue weighted by Crippen LogP contribution is 2.19. The van der Waals surface area contributed by atoms with Crippen molar-refractivity contribution >= 4 is 11.6 Å². The predicted molar refractivity (Wildman–Crippen MR) is 64.1 cm³/mol. The molecule has 90 valence electrons. The van der Waals surface area contributed by atoms with Crippen molar-refractivity contribution in [3.05, 3.63) is 41.1 Å². The molecule has 1 aromatic heterocycles. The Morgan fingerprint density at radius 3 is 2.65 bits per heavy atom. The third kappa shape index (κ3) is 2.97. The summed E-state index contributed by atoms with van der Waals surface area (Å²) in [6.45, 7) is 4.30. The van der Waals surface area contributed by atoms with Crippen LogP contribution in [0.4, 0.5) is 0 Å². The Bertz CT molecular complexity index is 511. The van der Waals surface area contributed by atoms with Gasteiger partial charge in [0, 0.05) is 0 Å². The van der Waals surface area contributed by atoms with Crippen LogP contribution in [0.3, 0.4) is 0 Å². The number of aromatic nitrogens is 2. The molecule has 4 nitrogen and oxygen atoms in total. The molecule has 1 heterocycles. The van der Waals surface area contributed by atoms with E-state index in [0.717, 1.165) is 11.3 Å². The van der Waals surface area contributed by atoms with Gasteiger partial charge in [0.15, 0.2) is 6.61 Å². The summed E-state index contributed by atoms with van der Waals surface area (Å²) in [5, 5.41) is 7.58. The summed E-state index contributed by atoms with van der Waals surface area (Å²) in [5.74, 6) is 1.88. The van der Waals surface area contributed by atoms with E-state index in [1.807, 2.05) is 26.0 Å². The molecule has 2 aromatic rings. The van der Waals surface area contributed by atoms with Crippen LogP contribution in [0.15, 0.2) is 22.6 Å². The van der Waals surface area contributed by atoms with Crippen LogP contribution in [0.2, 0.25) is 0 Å². The van der Waals surface area contributed by atoms with Crippen LogP contribution in [0.1, 0.15) is 22.9 Å². The van der Waals surface area contributed by atoms with Crippen molar-refractivity contribution in [1.82, 2.24) is 10.2 Å². The van der Waals surface area contributed by atoms with Crippen LogP contribution in [0.5, 0.6) is 5.75 Å². The van der Waals surface area contributed by atoms with Crippen molar-refractivity contribution < 1.29 is 9.15 Å². The average molecular weight is 253 g/mol. The summed E-state index contributed by atoms with van der Waals surface area (Å²) in [5.41, 5.74) is 2.29. The van der Waals surface area contributed by atoms with Crippen molar-refractivity contribution in [2.24, 2.45) is 0 Å². The fourth-order valence-electron chi connectivity index (χ4n) is 1.50. The second kappa shape index (κ2) is 5.19. The molecule has 0 N–H and O–H groups in total. The minimum absolute atomic E-state index is 0.219. The minimum atomic E-state index is 0.219. The molecule has 0 fully saturated rings. The maximum Gasteiger partial charge on any atom is 0.253 e. The topological polar surface area (TPSA) is 48.2 Å². The van der Waals surface area contributed by atoms with E-state index < -0.39 is 0 Å². The lowest BCUT2D eigenvalue weighted by atomic mass is 10.1. The summed E-state index contributed by atoms with van der Waals surface area (Å²) in [7, 11) is 0. The summed E-state index contributed by atoms with van der Waals surface area (Å²) >= 11 is 5.56. The summed E-state index contributed by atoms with van der Waals surface area (Å²) < 4.78 is 10.8. The van der Waals surface area contributed by atoms with E-state index in [1.165, 1.54) is 5.56 Å². The van der Waals surface area contributed by atoms with Crippen LogP contribution in [0.25, 0.3) is 0 Å². The molecule has 0 aliphatic heterocycles. The average Bonchev–Trinajstić information content (AvgIpc) is 2.76. The highest BCUT2D eigenvalue weighted by molar-refractivity contribution is 6.16. The number of hydrogen-bond acceptors (Lipinski definition) is 4. The summed E-state index contributed by atoms with van der Waals surface area (Å²) in [4.78, 5) is 0. The van der Waals surface area contributed by atoms with Crippen molar-refractivity contribution in [2.75, 3.05) is 0 Å². The van der Waals surface area contributed by atoms with Crippen molar-refractivity contribution in [2.45, 2.75) is 26.3 Å². The Kier molecular flexibility index (Phi) is 3.64. The van der Waals surface area contributed by atoms with Gasteiger partial charge in [-0.2, -0.15) is 0 Å². The SMILES string of the molecule is Cc1ccc(OCc2nnc(CCl)o2)c(C)c1. The first-order valence-electron chi connectivity index (χ1n) is 5.26. The van der Waals surface area contributed by atoms with Crippen LogP contribution in [-0.2, 0) is 12.5 Å². The fourth-order valence-corrected chi connectivity index (χ4v) is 1.61. The number of halogens is 1. The van der Waals surface area contributed by atoms with E-state index in [4.69, 9.17) is 20.8 Å². The van der Waals surface area contributed by atoms with Gasteiger partial charge in [0.05, 0.1) is 0 Å². The molecule has 0 aliphatic carbocycles. The van der Waals surface area contributed by atoms with Gasteiger partial charge in [-0.15, -0.1) is 21.8 Å². The first-order chi connectivity index (χ1) is 8.19. The van der Waals surface area contributed by atoms with E-state index in [1.54, 1.807) is 0 Å². The molecule has 0 amide bonds. The molecule has 2 rings (SSSR count). The quantitative estimate of drug-likeness (QED) is 0.785. The smallest absolute Gasteiger partial charge is 0.253 e. The standard InChI is InChI=1S/C12H13ClN2O2/c1-8-3-4-10(9(2)5-8)16-7-12-15-14-11(6-13)17-12/h3-5H,6-7H2,1-2H3. The number of alkyl halides is 1. The highest BCUT2D eigenvalue weighted by Gasteiger charge is 2.06. The number of aryl methyl sites for hydroxylation is 2. The molecule has 0 atom stereocenters. The zero-order chi connectivity index (χ0) is 12.3. The molecule has 17 heavy (non-hydrogen) atoms. The van der Waals surface area contributed by atoms with E-state index in [9.17, 15) is 0 Å². The largest absolute Gasteiger partial charge is 0.484 e. The Morgan fingerprint density at radius 2 is 2.00 bits per heavy atom. The monoisotopic (exact) mass is 252 g/mol. The van der Waals surface area contributed by atoms with E-state index in [2.05, 4.69) is 16.3 Å². The molecule has 0 saturated heterocycles. The Labute approximate surface area is 105 Å². The van der Waals surface area contributed by atoms with Crippen LogP contribution in [0, 0.1) is 13.8 Å². The van der Waals surface area contributed by atoms with Gasteiger partial charge in [-0.25, -0.2) is 0 Å². The predicted octanol–water partition coefficient (Wildman–Crippen LogP) is 3.00. The van der Waals surface area contributed by atoms with Gasteiger partial charge in [0.1, 0.15) is 11.6 Å². The van der Waals surface area contributed by atoms with Gasteiger partial charge in [-0.3, -0.25) is 0 Å². The van der Waals surface area contributed by atoms with Crippen molar-refractivity contribution in [3.63, 3.8) is 0 Å². The second-order valence-electron chi connectivity index (χ2n) is 3.78. The summed E-state index contributed by atoms with van der Waals surface area (Å²) in [6, 6.07) is 6.00. The lowest BCUT2D eigenvalue weighted by Crippen LogP contribution is -1.97. The third-order valence-electron chi connectivity index (χ3n) is 2.30. The number of hydrogen-bond donors (Lipinski definition) is 0. The first kappa shape index (κ1) is 11.9. The normalized spacial score (nSPS) is 10.5. The zero-order valence-electron chi connectivity index (χ0n) is 9.74. The van der Waals surface area contributed by atoms with Crippen molar-refractivity contribution in [3.8, 4) is 5.75 Å². The molecule has 0 spiro atoms. The molecule has 0 unspecified atom stereocenters. The molecule has 0 saturated carbocycles. The Morgan fingerprint density at radius 1 is 1.24 bits per heavy atom. The second-order valence-corrected chi connectivity index (χ2v) is 4.05. The third-order valence-corrected chi connectivity index (χ3v) is 2.53. The molecule has 0 radical (unpaired) electrons. The highest BCUT2D eigenvalue weighted by atomic mass is 35.5. The minimum Gasteiger partial charge on any atom is -0.484 e. The van der Waals surface area contributed by atoms with E-state index in [0.29, 0.717) is 11.8 Å². The summed E-state index contributed by atoms with van der Waals surface area (Å²) in [6.07, 6.45) is 0. The van der Waals surface area contributed by atoms with Crippen LogP contribution >= 0.6 is 11.6 Å². The van der Waals surface area contributed by atoms with Crippen LogP contribution < -0.4 is 4.74 Å². The zero-order valence-corrected chi connectivity index (χ0v) is 10.5. The van der Waals surface area contributed by atoms with Gasteiger partial charge < -0.3 is 9.15 Å². The molecule has 5 heteroatoms. The van der Waals surface area contributed by atoms with E-state index >= 15 is 0 Å². The maximum atomic E-state index is 5.60. The lowest BCUT2D eigenvalue weighted by molar-refractivity contribution is 0.258. The van der Waals surface area contributed by atoms with Crippen molar-refractivity contribution in [1.29, 1.82) is 0 Å². The Hall–Kier alpha value is -1.55. The van der Waals surface area contributed by atoms with Gasteiger partial charge in [-0.1, -0.05) is 17.7 Å². The lowest BCUT2D eigenvalue weighted by Gasteiger charge is -2.07. The molecular formula is C12H13ClN2O2.